The van der Waals surface area contributed by atoms with Crippen molar-refractivity contribution in [2.45, 2.75) is 12.6 Å². The lowest BCUT2D eigenvalue weighted by atomic mass is 10.2. The lowest BCUT2D eigenvalue weighted by molar-refractivity contribution is 0.0515. The van der Waals surface area contributed by atoms with Crippen molar-refractivity contribution in [3.63, 3.8) is 0 Å². The molecule has 1 aromatic heterocycles. The molecule has 8 heteroatoms. The van der Waals surface area contributed by atoms with Crippen LogP contribution in [0.3, 0.4) is 0 Å². The van der Waals surface area contributed by atoms with Crippen LogP contribution in [0.5, 0.6) is 17.2 Å². The zero-order valence-electron chi connectivity index (χ0n) is 17.1. The van der Waals surface area contributed by atoms with Crippen LogP contribution >= 0.6 is 0 Å². The van der Waals surface area contributed by atoms with Crippen LogP contribution in [-0.4, -0.2) is 53.5 Å². The van der Waals surface area contributed by atoms with Gasteiger partial charge in [-0.05, 0) is 30.3 Å². The number of para-hydroxylation sites is 3. The van der Waals surface area contributed by atoms with E-state index in [2.05, 4.69) is 5.10 Å². The molecule has 0 saturated heterocycles. The van der Waals surface area contributed by atoms with Crippen molar-refractivity contribution in [2.24, 2.45) is 0 Å². The Labute approximate surface area is 179 Å². The van der Waals surface area contributed by atoms with E-state index in [1.165, 1.54) is 21.7 Å². The van der Waals surface area contributed by atoms with Crippen molar-refractivity contribution in [3.8, 4) is 17.2 Å². The van der Waals surface area contributed by atoms with E-state index in [0.717, 1.165) is 0 Å². The molecular weight excluding hydrogens is 398 g/mol. The molecule has 0 fully saturated rings. The van der Waals surface area contributed by atoms with E-state index in [1.54, 1.807) is 7.05 Å². The van der Waals surface area contributed by atoms with Crippen molar-refractivity contribution in [1.29, 1.82) is 0 Å². The molecule has 2 heterocycles. The molecule has 2 aromatic carbocycles. The fourth-order valence-corrected chi connectivity index (χ4v) is 3.23. The van der Waals surface area contributed by atoms with Crippen LogP contribution in [0.15, 0.2) is 71.5 Å². The van der Waals surface area contributed by atoms with Gasteiger partial charge in [0, 0.05) is 13.1 Å². The van der Waals surface area contributed by atoms with Crippen molar-refractivity contribution < 1.29 is 19.0 Å². The van der Waals surface area contributed by atoms with Crippen molar-refractivity contribution >= 4 is 5.91 Å². The second kappa shape index (κ2) is 9.34. The Morgan fingerprint density at radius 3 is 2.65 bits per heavy atom. The van der Waals surface area contributed by atoms with Crippen LogP contribution in [0.25, 0.3) is 0 Å². The van der Waals surface area contributed by atoms with E-state index in [1.807, 2.05) is 54.6 Å². The molecule has 0 N–H and O–H groups in total. The Bertz CT molecular complexity index is 1100. The summed E-state index contributed by atoms with van der Waals surface area (Å²) in [5.74, 6) is 1.75. The molecule has 1 aliphatic rings. The highest BCUT2D eigenvalue weighted by Crippen LogP contribution is 2.31. The number of amides is 1. The van der Waals surface area contributed by atoms with Gasteiger partial charge in [-0.1, -0.05) is 30.3 Å². The first-order chi connectivity index (χ1) is 15.1. The topological polar surface area (TPSA) is 82.9 Å². The second-order valence-electron chi connectivity index (χ2n) is 7.12. The monoisotopic (exact) mass is 421 g/mol. The average Bonchev–Trinajstić information content (AvgIpc) is 2.80. The number of rotatable bonds is 7. The number of ether oxygens (including phenoxy) is 3. The third-order valence-corrected chi connectivity index (χ3v) is 4.79. The van der Waals surface area contributed by atoms with Gasteiger partial charge >= 0.3 is 0 Å². The van der Waals surface area contributed by atoms with Gasteiger partial charge in [-0.3, -0.25) is 9.59 Å². The standard InChI is InChI=1S/C23H23N3O5/c1-25(15-18-16-30-20-9-5-6-10-21(20)31-18)23(28)19-11-12-22(27)26(24-19)13-14-29-17-7-3-2-4-8-17/h2-12,18H,13-16H2,1H3. The number of carbonyl (C=O) groups is 1. The quantitative estimate of drug-likeness (QED) is 0.582. The third-order valence-electron chi connectivity index (χ3n) is 4.79. The third kappa shape index (κ3) is 5.03. The highest BCUT2D eigenvalue weighted by Gasteiger charge is 2.25. The molecule has 1 amide bonds. The van der Waals surface area contributed by atoms with Gasteiger partial charge in [0.15, 0.2) is 17.6 Å². The molecule has 0 spiro atoms. The van der Waals surface area contributed by atoms with Crippen molar-refractivity contribution in [1.82, 2.24) is 14.7 Å². The Hall–Kier alpha value is -3.81. The summed E-state index contributed by atoms with van der Waals surface area (Å²) in [5, 5.41) is 4.21. The first kappa shape index (κ1) is 20.5. The van der Waals surface area contributed by atoms with Gasteiger partial charge in [0.2, 0.25) is 0 Å². The SMILES string of the molecule is CN(CC1COc2ccccc2O1)C(=O)c1ccc(=O)n(CCOc2ccccc2)n1. The summed E-state index contributed by atoms with van der Waals surface area (Å²) in [6, 6.07) is 19.5. The van der Waals surface area contributed by atoms with Gasteiger partial charge in [-0.15, -0.1) is 0 Å². The summed E-state index contributed by atoms with van der Waals surface area (Å²) in [4.78, 5) is 26.5. The lowest BCUT2D eigenvalue weighted by Crippen LogP contribution is -2.42. The summed E-state index contributed by atoms with van der Waals surface area (Å²) in [5.41, 5.74) is -0.115. The molecule has 0 bridgehead atoms. The molecule has 0 radical (unpaired) electrons. The van der Waals surface area contributed by atoms with Crippen LogP contribution in [0.1, 0.15) is 10.5 Å². The number of likely N-dealkylation sites (N-methyl/N-ethyl adjacent to an activating group) is 1. The average molecular weight is 421 g/mol. The van der Waals surface area contributed by atoms with Gasteiger partial charge < -0.3 is 19.1 Å². The van der Waals surface area contributed by atoms with E-state index < -0.39 is 0 Å². The van der Waals surface area contributed by atoms with Crippen LogP contribution < -0.4 is 19.8 Å². The van der Waals surface area contributed by atoms with E-state index in [9.17, 15) is 9.59 Å². The van der Waals surface area contributed by atoms with Crippen LogP contribution in [0.4, 0.5) is 0 Å². The zero-order valence-corrected chi connectivity index (χ0v) is 17.1. The summed E-state index contributed by atoms with van der Waals surface area (Å²) in [7, 11) is 1.67. The Kier molecular flexibility index (Phi) is 6.16. The van der Waals surface area contributed by atoms with Gasteiger partial charge in [0.25, 0.3) is 11.5 Å². The second-order valence-corrected chi connectivity index (χ2v) is 7.12. The fraction of sp³-hybridized carbons (Fsp3) is 0.261. The van der Waals surface area contributed by atoms with Crippen LogP contribution in [0, 0.1) is 0 Å². The summed E-state index contributed by atoms with van der Waals surface area (Å²) in [6.07, 6.45) is -0.297. The first-order valence-corrected chi connectivity index (χ1v) is 10.00. The van der Waals surface area contributed by atoms with Gasteiger partial charge in [0.1, 0.15) is 24.7 Å². The number of hydrogen-bond donors (Lipinski definition) is 0. The predicted octanol–water partition coefficient (Wildman–Crippen LogP) is 2.23. The van der Waals surface area contributed by atoms with Crippen LogP contribution in [0.2, 0.25) is 0 Å². The molecule has 160 valence electrons. The minimum Gasteiger partial charge on any atom is -0.492 e. The maximum Gasteiger partial charge on any atom is 0.274 e. The summed E-state index contributed by atoms with van der Waals surface area (Å²) >= 11 is 0. The molecule has 1 aliphatic heterocycles. The molecule has 0 saturated carbocycles. The maximum atomic E-state index is 12.8. The number of carbonyl (C=O) groups excluding carboxylic acids is 1. The number of benzene rings is 2. The number of hydrogen-bond acceptors (Lipinski definition) is 6. The van der Waals surface area contributed by atoms with E-state index in [4.69, 9.17) is 14.2 Å². The lowest BCUT2D eigenvalue weighted by Gasteiger charge is -2.29. The Morgan fingerprint density at radius 1 is 1.10 bits per heavy atom. The largest absolute Gasteiger partial charge is 0.492 e. The van der Waals surface area contributed by atoms with Gasteiger partial charge in [-0.25, -0.2) is 4.68 Å². The molecular formula is C23H23N3O5. The molecule has 31 heavy (non-hydrogen) atoms. The number of fused-ring (bicyclic) bond motifs is 1. The smallest absolute Gasteiger partial charge is 0.274 e. The predicted molar refractivity (Wildman–Crippen MR) is 114 cm³/mol. The molecule has 4 rings (SSSR count). The zero-order chi connectivity index (χ0) is 21.6. The number of aromatic nitrogens is 2. The van der Waals surface area contributed by atoms with Crippen LogP contribution in [-0.2, 0) is 6.54 Å². The van der Waals surface area contributed by atoms with E-state index >= 15 is 0 Å². The van der Waals surface area contributed by atoms with Crippen molar-refractivity contribution in [3.05, 3.63) is 82.8 Å². The summed E-state index contributed by atoms with van der Waals surface area (Å²) < 4.78 is 18.5. The number of nitrogens with zero attached hydrogens (tertiary/aromatic N) is 3. The Balaban J connectivity index is 1.36. The van der Waals surface area contributed by atoms with E-state index in [0.29, 0.717) is 30.4 Å². The minimum atomic E-state index is -0.305. The maximum absolute atomic E-state index is 12.8. The normalized spacial score (nSPS) is 14.7. The van der Waals surface area contributed by atoms with Crippen molar-refractivity contribution in [2.75, 3.05) is 26.8 Å². The molecule has 8 nitrogen and oxygen atoms in total. The highest BCUT2D eigenvalue weighted by molar-refractivity contribution is 5.91. The Morgan fingerprint density at radius 2 is 1.84 bits per heavy atom. The highest BCUT2D eigenvalue weighted by atomic mass is 16.6. The molecule has 1 atom stereocenters. The first-order valence-electron chi connectivity index (χ1n) is 10.00. The fourth-order valence-electron chi connectivity index (χ4n) is 3.23. The van der Waals surface area contributed by atoms with Gasteiger partial charge in [0.05, 0.1) is 13.1 Å². The molecule has 3 aromatic rings. The van der Waals surface area contributed by atoms with Gasteiger partial charge in [-0.2, -0.15) is 5.10 Å². The summed E-state index contributed by atoms with van der Waals surface area (Å²) in [6.45, 7) is 1.16. The molecule has 1 unspecified atom stereocenters. The minimum absolute atomic E-state index is 0.180. The van der Waals surface area contributed by atoms with E-state index in [-0.39, 0.29) is 36.4 Å². The molecule has 0 aliphatic carbocycles.